The largest absolute Gasteiger partial charge is 0.366 e. The number of hydrogen-bond acceptors (Lipinski definition) is 2. The molecule has 0 amide bonds. The van der Waals surface area contributed by atoms with Gasteiger partial charge in [-0.3, -0.25) is 4.79 Å². The van der Waals surface area contributed by atoms with Crippen molar-refractivity contribution in [2.24, 2.45) is 40.9 Å². The molecule has 1 heterocycles. The lowest BCUT2D eigenvalue weighted by Gasteiger charge is -2.52. The van der Waals surface area contributed by atoms with E-state index in [0.717, 1.165) is 17.9 Å². The topological polar surface area (TPSA) is 29.6 Å². The van der Waals surface area contributed by atoms with Crippen LogP contribution in [-0.4, -0.2) is 17.5 Å². The van der Waals surface area contributed by atoms with Crippen LogP contribution >= 0.6 is 0 Å². The molecule has 8 atom stereocenters. The van der Waals surface area contributed by atoms with Gasteiger partial charge < -0.3 is 4.74 Å². The molecule has 3 aliphatic carbocycles. The Balaban J connectivity index is 1.83. The van der Waals surface area contributed by atoms with Crippen LogP contribution in [0.2, 0.25) is 0 Å². The number of carbonyl (C=O) groups excluding carboxylic acids is 1. The van der Waals surface area contributed by atoms with Crippen LogP contribution in [0.3, 0.4) is 0 Å². The first kappa shape index (κ1) is 14.9. The fourth-order valence-corrected chi connectivity index (χ4v) is 6.28. The SMILES string of the molecule is CC1=CC2C(CC3(C)OC3C3C2C(C)CC(C)C3(C)C)C1=O. The normalized spacial score (nSPS) is 55.6. The Morgan fingerprint density at radius 1 is 1.23 bits per heavy atom. The first-order valence-electron chi connectivity index (χ1n) is 9.07. The van der Waals surface area contributed by atoms with Crippen LogP contribution in [0.15, 0.2) is 11.6 Å². The van der Waals surface area contributed by atoms with Crippen molar-refractivity contribution in [1.82, 2.24) is 0 Å². The summed E-state index contributed by atoms with van der Waals surface area (Å²) < 4.78 is 6.26. The number of ether oxygens (including phenoxy) is 1. The van der Waals surface area contributed by atoms with Gasteiger partial charge in [-0.05, 0) is 67.3 Å². The molecule has 8 unspecified atom stereocenters. The third kappa shape index (κ3) is 1.74. The second-order valence-electron chi connectivity index (χ2n) is 9.49. The van der Waals surface area contributed by atoms with Crippen LogP contribution in [-0.2, 0) is 9.53 Å². The van der Waals surface area contributed by atoms with Gasteiger partial charge in [-0.15, -0.1) is 0 Å². The molecule has 3 fully saturated rings. The van der Waals surface area contributed by atoms with E-state index in [1.165, 1.54) is 6.42 Å². The quantitative estimate of drug-likeness (QED) is 0.626. The number of Topliss-reactive ketones (excluding diaryl/α,β-unsaturated/α-hetero) is 1. The van der Waals surface area contributed by atoms with Crippen molar-refractivity contribution < 1.29 is 9.53 Å². The predicted molar refractivity (Wildman–Crippen MR) is 87.3 cm³/mol. The molecule has 0 aromatic heterocycles. The minimum absolute atomic E-state index is 0.0511. The highest BCUT2D eigenvalue weighted by molar-refractivity contribution is 5.99. The molecule has 1 aliphatic heterocycles. The Kier molecular flexibility index (Phi) is 2.89. The van der Waals surface area contributed by atoms with Gasteiger partial charge in [0, 0.05) is 5.92 Å². The maximum atomic E-state index is 12.7. The zero-order valence-electron chi connectivity index (χ0n) is 14.8. The summed E-state index contributed by atoms with van der Waals surface area (Å²) in [6.45, 7) is 14.0. The Morgan fingerprint density at radius 2 is 1.91 bits per heavy atom. The average molecular weight is 302 g/mol. The molecule has 122 valence electrons. The van der Waals surface area contributed by atoms with Gasteiger partial charge in [-0.25, -0.2) is 0 Å². The number of epoxide rings is 1. The van der Waals surface area contributed by atoms with Crippen molar-refractivity contribution in [3.8, 4) is 0 Å². The van der Waals surface area contributed by atoms with Crippen LogP contribution in [0.4, 0.5) is 0 Å². The van der Waals surface area contributed by atoms with Crippen LogP contribution < -0.4 is 0 Å². The predicted octanol–water partition coefficient (Wildman–Crippen LogP) is 4.24. The lowest BCUT2D eigenvalue weighted by atomic mass is 9.52. The molecule has 22 heavy (non-hydrogen) atoms. The number of hydrogen-bond donors (Lipinski definition) is 0. The van der Waals surface area contributed by atoms with Crippen molar-refractivity contribution in [2.45, 2.75) is 66.1 Å². The first-order valence-corrected chi connectivity index (χ1v) is 9.07. The van der Waals surface area contributed by atoms with Crippen molar-refractivity contribution in [1.29, 1.82) is 0 Å². The summed E-state index contributed by atoms with van der Waals surface area (Å²) in [7, 11) is 0. The fourth-order valence-electron chi connectivity index (χ4n) is 6.28. The molecule has 4 aliphatic rings. The fraction of sp³-hybridized carbons (Fsp3) is 0.850. The van der Waals surface area contributed by atoms with Gasteiger partial charge in [0.1, 0.15) is 0 Å². The highest BCUT2D eigenvalue weighted by atomic mass is 16.6. The van der Waals surface area contributed by atoms with Gasteiger partial charge in [0.25, 0.3) is 0 Å². The summed E-state index contributed by atoms with van der Waals surface area (Å²) in [5.41, 5.74) is 1.24. The molecule has 0 radical (unpaired) electrons. The summed E-state index contributed by atoms with van der Waals surface area (Å²) in [5, 5.41) is 0. The second-order valence-corrected chi connectivity index (χ2v) is 9.49. The van der Waals surface area contributed by atoms with E-state index in [1.54, 1.807) is 0 Å². The highest BCUT2D eigenvalue weighted by Crippen LogP contribution is 2.65. The van der Waals surface area contributed by atoms with E-state index in [-0.39, 0.29) is 11.5 Å². The van der Waals surface area contributed by atoms with Crippen LogP contribution in [0.25, 0.3) is 0 Å². The molecule has 0 spiro atoms. The zero-order chi connectivity index (χ0) is 16.0. The van der Waals surface area contributed by atoms with Crippen molar-refractivity contribution >= 4 is 5.78 Å². The molecule has 1 saturated heterocycles. The molecule has 0 aromatic rings. The third-order valence-electron chi connectivity index (χ3n) is 7.90. The summed E-state index contributed by atoms with van der Waals surface area (Å²) in [6.07, 6.45) is 4.90. The van der Waals surface area contributed by atoms with E-state index < -0.39 is 0 Å². The van der Waals surface area contributed by atoms with Crippen LogP contribution in [0, 0.1) is 40.9 Å². The number of fused-ring (bicyclic) bond motifs is 5. The van der Waals surface area contributed by atoms with E-state index in [9.17, 15) is 4.79 Å². The summed E-state index contributed by atoms with van der Waals surface area (Å²) >= 11 is 0. The molecule has 2 saturated carbocycles. The third-order valence-corrected chi connectivity index (χ3v) is 7.90. The van der Waals surface area contributed by atoms with E-state index >= 15 is 0 Å². The minimum Gasteiger partial charge on any atom is -0.366 e. The molecular formula is C20H30O2. The van der Waals surface area contributed by atoms with Crippen molar-refractivity contribution in [3.05, 3.63) is 11.6 Å². The van der Waals surface area contributed by atoms with Gasteiger partial charge in [-0.2, -0.15) is 0 Å². The molecule has 0 N–H and O–H groups in total. The monoisotopic (exact) mass is 302 g/mol. The summed E-state index contributed by atoms with van der Waals surface area (Å²) in [6, 6.07) is 0. The molecule has 2 nitrogen and oxygen atoms in total. The molecular weight excluding hydrogens is 272 g/mol. The summed E-state index contributed by atoms with van der Waals surface area (Å²) in [5.74, 6) is 3.61. The van der Waals surface area contributed by atoms with E-state index in [4.69, 9.17) is 4.74 Å². The van der Waals surface area contributed by atoms with Gasteiger partial charge in [0.15, 0.2) is 5.78 Å². The van der Waals surface area contributed by atoms with Crippen LogP contribution in [0.1, 0.15) is 54.4 Å². The molecule has 0 aromatic carbocycles. The lowest BCUT2D eigenvalue weighted by molar-refractivity contribution is -0.122. The first-order chi connectivity index (χ1) is 10.2. The van der Waals surface area contributed by atoms with E-state index in [0.29, 0.717) is 41.0 Å². The van der Waals surface area contributed by atoms with Gasteiger partial charge in [0.05, 0.1) is 11.7 Å². The van der Waals surface area contributed by atoms with Gasteiger partial charge >= 0.3 is 0 Å². The number of allylic oxidation sites excluding steroid dienone is 2. The average Bonchev–Trinajstić information content (AvgIpc) is 3.01. The minimum atomic E-state index is -0.0511. The van der Waals surface area contributed by atoms with E-state index in [1.807, 2.05) is 6.92 Å². The summed E-state index contributed by atoms with van der Waals surface area (Å²) in [4.78, 5) is 12.7. The Labute approximate surface area is 134 Å². The molecule has 2 heteroatoms. The maximum Gasteiger partial charge on any atom is 0.162 e. The van der Waals surface area contributed by atoms with Crippen molar-refractivity contribution in [3.63, 3.8) is 0 Å². The van der Waals surface area contributed by atoms with Crippen molar-refractivity contribution in [2.75, 3.05) is 0 Å². The van der Waals surface area contributed by atoms with Gasteiger partial charge in [-0.1, -0.05) is 33.8 Å². The highest BCUT2D eigenvalue weighted by Gasteiger charge is 2.68. The van der Waals surface area contributed by atoms with Gasteiger partial charge in [0.2, 0.25) is 0 Å². The van der Waals surface area contributed by atoms with Crippen LogP contribution in [0.5, 0.6) is 0 Å². The smallest absolute Gasteiger partial charge is 0.162 e. The number of rotatable bonds is 0. The standard InChI is InChI=1S/C20H30O2/c1-10-7-12(3)19(4,5)16-15(10)13-8-11(2)17(21)14(13)9-20(6)18(16)22-20/h8,10,12-16,18H,7,9H2,1-6H3. The molecule has 0 bridgehead atoms. The lowest BCUT2D eigenvalue weighted by Crippen LogP contribution is -2.49. The number of ketones is 1. The Hall–Kier alpha value is -0.630. The molecule has 4 rings (SSSR count). The Morgan fingerprint density at radius 3 is 2.59 bits per heavy atom. The number of carbonyl (C=O) groups is 1. The maximum absolute atomic E-state index is 12.7. The second kappa shape index (κ2) is 4.26. The van der Waals surface area contributed by atoms with E-state index in [2.05, 4.69) is 40.7 Å². The Bertz CT molecular complexity index is 560. The zero-order valence-corrected chi connectivity index (χ0v) is 14.8.